The van der Waals surface area contributed by atoms with E-state index in [-0.39, 0.29) is 17.8 Å². The maximum atomic E-state index is 12.7. The Kier molecular flexibility index (Phi) is 5.60. The Hall–Kier alpha value is -1.30. The van der Waals surface area contributed by atoms with Gasteiger partial charge >= 0.3 is 0 Å². The molecule has 6 nitrogen and oxygen atoms in total. The molecule has 0 spiro atoms. The molecule has 0 atom stereocenters. The molecule has 0 aromatic carbocycles. The van der Waals surface area contributed by atoms with Gasteiger partial charge in [0.25, 0.3) is 0 Å². The van der Waals surface area contributed by atoms with Crippen LogP contribution in [0.3, 0.4) is 0 Å². The lowest BCUT2D eigenvalue weighted by atomic mass is 10.0. The molecule has 0 heterocycles. The topological polar surface area (TPSA) is 88.2 Å². The van der Waals surface area contributed by atoms with Gasteiger partial charge in [-0.2, -0.15) is 0 Å². The van der Waals surface area contributed by atoms with E-state index in [4.69, 9.17) is 15.7 Å². The number of amides is 1. The second-order valence-electron chi connectivity index (χ2n) is 5.03. The van der Waals surface area contributed by atoms with Crippen molar-refractivity contribution in [1.29, 1.82) is 0 Å². The molecule has 0 saturated heterocycles. The predicted molar refractivity (Wildman–Crippen MR) is 73.0 cm³/mol. The molecule has 0 aromatic rings. The molecule has 19 heavy (non-hydrogen) atoms. The zero-order valence-corrected chi connectivity index (χ0v) is 12.1. The highest BCUT2D eigenvalue weighted by atomic mass is 16.5. The second kappa shape index (κ2) is 6.75. The van der Waals surface area contributed by atoms with Crippen molar-refractivity contribution in [2.24, 2.45) is 16.3 Å². The van der Waals surface area contributed by atoms with Gasteiger partial charge in [-0.05, 0) is 25.7 Å². The number of carbonyl (C=O) groups is 1. The van der Waals surface area contributed by atoms with Crippen LogP contribution in [0, 0.1) is 5.41 Å². The summed E-state index contributed by atoms with van der Waals surface area (Å²) in [5, 5.41) is 11.9. The standard InChI is InChI=1S/C13H25N3O3/c1-4-10(5-2)16(8-9-19-3)12(17)13(6-7-13)11(14)15-18/h10,18H,4-9H2,1-3H3,(H2,14,15). The molecule has 0 bridgehead atoms. The van der Waals surface area contributed by atoms with E-state index in [0.717, 1.165) is 12.8 Å². The first-order chi connectivity index (χ1) is 9.07. The first-order valence-corrected chi connectivity index (χ1v) is 6.85. The van der Waals surface area contributed by atoms with Crippen LogP contribution in [0.15, 0.2) is 5.16 Å². The van der Waals surface area contributed by atoms with Crippen LogP contribution < -0.4 is 5.73 Å². The number of oxime groups is 1. The third kappa shape index (κ3) is 3.18. The monoisotopic (exact) mass is 271 g/mol. The van der Waals surface area contributed by atoms with Gasteiger partial charge in [0, 0.05) is 19.7 Å². The average Bonchev–Trinajstić information content (AvgIpc) is 3.23. The summed E-state index contributed by atoms with van der Waals surface area (Å²) in [6, 6.07) is 0.173. The summed E-state index contributed by atoms with van der Waals surface area (Å²) in [5.41, 5.74) is 4.91. The molecular weight excluding hydrogens is 246 g/mol. The average molecular weight is 271 g/mol. The fourth-order valence-electron chi connectivity index (χ4n) is 2.44. The van der Waals surface area contributed by atoms with E-state index in [1.807, 2.05) is 4.90 Å². The van der Waals surface area contributed by atoms with Crippen LogP contribution >= 0.6 is 0 Å². The van der Waals surface area contributed by atoms with Crippen molar-refractivity contribution in [3.05, 3.63) is 0 Å². The molecule has 110 valence electrons. The Morgan fingerprint density at radius 1 is 1.47 bits per heavy atom. The summed E-state index contributed by atoms with van der Waals surface area (Å²) < 4.78 is 5.08. The fraction of sp³-hybridized carbons (Fsp3) is 0.846. The molecule has 1 rings (SSSR count). The molecular formula is C13H25N3O3. The Bertz CT molecular complexity index is 336. The van der Waals surface area contributed by atoms with Crippen molar-refractivity contribution in [2.75, 3.05) is 20.3 Å². The summed E-state index contributed by atoms with van der Waals surface area (Å²) in [7, 11) is 1.62. The number of amidine groups is 1. The number of nitrogens with two attached hydrogens (primary N) is 1. The Morgan fingerprint density at radius 3 is 2.42 bits per heavy atom. The van der Waals surface area contributed by atoms with Crippen LogP contribution in [-0.4, -0.2) is 48.2 Å². The number of nitrogens with zero attached hydrogens (tertiary/aromatic N) is 2. The minimum absolute atomic E-state index is 0.0332. The van der Waals surface area contributed by atoms with Gasteiger partial charge < -0.3 is 20.6 Å². The highest BCUT2D eigenvalue weighted by Crippen LogP contribution is 2.47. The van der Waals surface area contributed by atoms with Crippen molar-refractivity contribution < 1.29 is 14.7 Å². The Balaban J connectivity index is 2.88. The molecule has 0 aliphatic heterocycles. The highest BCUT2D eigenvalue weighted by molar-refractivity contribution is 6.09. The van der Waals surface area contributed by atoms with E-state index < -0.39 is 5.41 Å². The smallest absolute Gasteiger partial charge is 0.236 e. The van der Waals surface area contributed by atoms with Gasteiger partial charge in [0.1, 0.15) is 5.41 Å². The lowest BCUT2D eigenvalue weighted by Gasteiger charge is -2.33. The first kappa shape index (κ1) is 15.8. The minimum Gasteiger partial charge on any atom is -0.409 e. The van der Waals surface area contributed by atoms with Crippen molar-refractivity contribution in [3.8, 4) is 0 Å². The summed E-state index contributed by atoms with van der Waals surface area (Å²) in [4.78, 5) is 14.5. The van der Waals surface area contributed by atoms with E-state index >= 15 is 0 Å². The zero-order valence-electron chi connectivity index (χ0n) is 12.1. The molecule has 0 unspecified atom stereocenters. The number of rotatable bonds is 8. The number of methoxy groups -OCH3 is 1. The molecule has 1 amide bonds. The van der Waals surface area contributed by atoms with Gasteiger partial charge in [-0.3, -0.25) is 4.79 Å². The summed E-state index contributed by atoms with van der Waals surface area (Å²) in [6.45, 7) is 5.16. The van der Waals surface area contributed by atoms with E-state index in [2.05, 4.69) is 19.0 Å². The van der Waals surface area contributed by atoms with Crippen molar-refractivity contribution in [3.63, 3.8) is 0 Å². The third-order valence-corrected chi connectivity index (χ3v) is 3.94. The molecule has 1 aliphatic carbocycles. The van der Waals surface area contributed by atoms with Crippen molar-refractivity contribution in [1.82, 2.24) is 4.90 Å². The number of hydrogen-bond donors (Lipinski definition) is 2. The number of hydrogen-bond acceptors (Lipinski definition) is 4. The number of carbonyl (C=O) groups excluding carboxylic acids is 1. The van der Waals surface area contributed by atoms with Gasteiger partial charge in [-0.1, -0.05) is 19.0 Å². The lowest BCUT2D eigenvalue weighted by Crippen LogP contribution is -2.49. The minimum atomic E-state index is -0.773. The van der Waals surface area contributed by atoms with Gasteiger partial charge in [-0.25, -0.2) is 0 Å². The van der Waals surface area contributed by atoms with Crippen molar-refractivity contribution in [2.45, 2.75) is 45.6 Å². The molecule has 1 fully saturated rings. The van der Waals surface area contributed by atoms with Crippen LogP contribution in [-0.2, 0) is 9.53 Å². The summed E-state index contributed by atoms with van der Waals surface area (Å²) in [5.74, 6) is -0.000534. The summed E-state index contributed by atoms with van der Waals surface area (Å²) in [6.07, 6.45) is 3.09. The van der Waals surface area contributed by atoms with Gasteiger partial charge in [0.15, 0.2) is 5.84 Å². The van der Waals surface area contributed by atoms with Gasteiger partial charge in [0.2, 0.25) is 5.91 Å². The highest BCUT2D eigenvalue weighted by Gasteiger charge is 2.56. The van der Waals surface area contributed by atoms with Crippen LogP contribution in [0.1, 0.15) is 39.5 Å². The van der Waals surface area contributed by atoms with Crippen LogP contribution in [0.5, 0.6) is 0 Å². The largest absolute Gasteiger partial charge is 0.409 e. The van der Waals surface area contributed by atoms with Crippen LogP contribution in [0.4, 0.5) is 0 Å². The first-order valence-electron chi connectivity index (χ1n) is 6.85. The summed E-state index contributed by atoms with van der Waals surface area (Å²) >= 11 is 0. The van der Waals surface area contributed by atoms with E-state index in [1.165, 1.54) is 0 Å². The lowest BCUT2D eigenvalue weighted by molar-refractivity contribution is -0.138. The molecule has 0 radical (unpaired) electrons. The maximum absolute atomic E-state index is 12.7. The fourth-order valence-corrected chi connectivity index (χ4v) is 2.44. The van der Waals surface area contributed by atoms with E-state index in [0.29, 0.717) is 26.0 Å². The quantitative estimate of drug-likeness (QED) is 0.300. The molecule has 0 aromatic heterocycles. The number of ether oxygens (including phenoxy) is 1. The zero-order chi connectivity index (χ0) is 14.5. The SMILES string of the molecule is CCC(CC)N(CCOC)C(=O)C1(C(N)=NO)CC1. The Labute approximate surface area is 114 Å². The molecule has 3 N–H and O–H groups in total. The molecule has 1 aliphatic rings. The van der Waals surface area contributed by atoms with Crippen molar-refractivity contribution >= 4 is 11.7 Å². The molecule has 1 saturated carbocycles. The normalized spacial score (nSPS) is 17.6. The van der Waals surface area contributed by atoms with Crippen LogP contribution in [0.25, 0.3) is 0 Å². The Morgan fingerprint density at radius 2 is 2.05 bits per heavy atom. The third-order valence-electron chi connectivity index (χ3n) is 3.94. The van der Waals surface area contributed by atoms with Gasteiger partial charge in [-0.15, -0.1) is 0 Å². The second-order valence-corrected chi connectivity index (χ2v) is 5.03. The maximum Gasteiger partial charge on any atom is 0.236 e. The van der Waals surface area contributed by atoms with E-state index in [1.54, 1.807) is 7.11 Å². The van der Waals surface area contributed by atoms with Crippen LogP contribution in [0.2, 0.25) is 0 Å². The van der Waals surface area contributed by atoms with Gasteiger partial charge in [0.05, 0.1) is 6.61 Å². The molecule has 6 heteroatoms. The predicted octanol–water partition coefficient (Wildman–Crippen LogP) is 1.18. The van der Waals surface area contributed by atoms with E-state index in [9.17, 15) is 4.79 Å².